The second kappa shape index (κ2) is 11.8. The zero-order valence-electron chi connectivity index (χ0n) is 13.9. The lowest BCUT2D eigenvalue weighted by molar-refractivity contribution is 0.0698. The van der Waals surface area contributed by atoms with Gasteiger partial charge < -0.3 is 20.1 Å². The van der Waals surface area contributed by atoms with Crippen LogP contribution >= 0.6 is 0 Å². The SMILES string of the molecule is CCN(CCNC(=NC)NCCCOCCOC)C1CC1. The average Bonchev–Trinajstić information content (AvgIpc) is 3.33. The first-order valence-electron chi connectivity index (χ1n) is 8.07. The highest BCUT2D eigenvalue weighted by atomic mass is 16.5. The Morgan fingerprint density at radius 2 is 1.95 bits per heavy atom. The standard InChI is InChI=1S/C15H32N4O2/c1-4-19(14-6-7-14)10-9-18-15(16-2)17-8-5-11-21-13-12-20-3/h14H,4-13H2,1-3H3,(H2,16,17,18). The summed E-state index contributed by atoms with van der Waals surface area (Å²) in [4.78, 5) is 6.77. The monoisotopic (exact) mass is 300 g/mol. The summed E-state index contributed by atoms with van der Waals surface area (Å²) >= 11 is 0. The molecule has 0 aromatic rings. The van der Waals surface area contributed by atoms with Gasteiger partial charge in [0.15, 0.2) is 5.96 Å². The van der Waals surface area contributed by atoms with Crippen LogP contribution in [0.3, 0.4) is 0 Å². The Kier molecular flexibility index (Phi) is 10.2. The molecule has 0 aliphatic heterocycles. The largest absolute Gasteiger partial charge is 0.382 e. The van der Waals surface area contributed by atoms with Crippen LogP contribution in [0.2, 0.25) is 0 Å². The predicted molar refractivity (Wildman–Crippen MR) is 86.9 cm³/mol. The maximum Gasteiger partial charge on any atom is 0.191 e. The van der Waals surface area contributed by atoms with E-state index in [2.05, 4.69) is 27.4 Å². The molecule has 1 aliphatic rings. The highest BCUT2D eigenvalue weighted by Crippen LogP contribution is 2.25. The molecule has 1 rings (SSSR count). The van der Waals surface area contributed by atoms with Gasteiger partial charge in [-0.3, -0.25) is 9.89 Å². The molecule has 0 amide bonds. The van der Waals surface area contributed by atoms with E-state index in [0.717, 1.165) is 51.2 Å². The van der Waals surface area contributed by atoms with Crippen molar-refractivity contribution >= 4 is 5.96 Å². The number of guanidine groups is 1. The van der Waals surface area contributed by atoms with E-state index in [0.29, 0.717) is 13.2 Å². The van der Waals surface area contributed by atoms with Crippen LogP contribution in [0, 0.1) is 0 Å². The van der Waals surface area contributed by atoms with E-state index in [1.54, 1.807) is 7.11 Å². The molecule has 6 heteroatoms. The van der Waals surface area contributed by atoms with Crippen molar-refractivity contribution in [2.24, 2.45) is 4.99 Å². The average molecular weight is 300 g/mol. The fourth-order valence-corrected chi connectivity index (χ4v) is 2.20. The van der Waals surface area contributed by atoms with Gasteiger partial charge in [-0.25, -0.2) is 0 Å². The van der Waals surface area contributed by atoms with E-state index in [9.17, 15) is 0 Å². The molecule has 0 bridgehead atoms. The molecule has 6 nitrogen and oxygen atoms in total. The highest BCUT2D eigenvalue weighted by Gasteiger charge is 2.27. The summed E-state index contributed by atoms with van der Waals surface area (Å²) in [6, 6.07) is 0.830. The van der Waals surface area contributed by atoms with Gasteiger partial charge in [-0.05, 0) is 25.8 Å². The predicted octanol–water partition coefficient (Wildman–Crippen LogP) is 0.689. The topological polar surface area (TPSA) is 58.1 Å². The molecule has 0 aromatic heterocycles. The summed E-state index contributed by atoms with van der Waals surface area (Å²) in [7, 11) is 3.49. The summed E-state index contributed by atoms with van der Waals surface area (Å²) in [6.45, 7) is 8.33. The lowest BCUT2D eigenvalue weighted by atomic mass is 10.4. The van der Waals surface area contributed by atoms with Crippen molar-refractivity contribution in [2.75, 3.05) is 60.2 Å². The molecular weight excluding hydrogens is 268 g/mol. The number of hydrogen-bond acceptors (Lipinski definition) is 4. The minimum absolute atomic E-state index is 0.658. The molecule has 124 valence electrons. The zero-order valence-corrected chi connectivity index (χ0v) is 13.9. The Balaban J connectivity index is 1.98. The summed E-state index contributed by atoms with van der Waals surface area (Å²) in [5.74, 6) is 0.874. The highest BCUT2D eigenvalue weighted by molar-refractivity contribution is 5.79. The minimum Gasteiger partial charge on any atom is -0.382 e. The molecular formula is C15H32N4O2. The summed E-state index contributed by atoms with van der Waals surface area (Å²) in [5, 5.41) is 6.67. The van der Waals surface area contributed by atoms with E-state index in [-0.39, 0.29) is 0 Å². The third-order valence-electron chi connectivity index (χ3n) is 3.57. The Labute approximate surface area is 129 Å². The van der Waals surface area contributed by atoms with Gasteiger partial charge in [-0.2, -0.15) is 0 Å². The van der Waals surface area contributed by atoms with E-state index < -0.39 is 0 Å². The molecule has 1 aliphatic carbocycles. The maximum atomic E-state index is 5.42. The molecule has 0 spiro atoms. The molecule has 1 saturated carbocycles. The van der Waals surface area contributed by atoms with Crippen LogP contribution in [-0.4, -0.2) is 77.1 Å². The number of nitrogens with zero attached hydrogens (tertiary/aromatic N) is 2. The Morgan fingerprint density at radius 1 is 1.19 bits per heavy atom. The molecule has 0 aromatic carbocycles. The molecule has 1 fully saturated rings. The molecule has 0 atom stereocenters. The molecule has 2 N–H and O–H groups in total. The van der Waals surface area contributed by atoms with Crippen molar-refractivity contribution in [3.8, 4) is 0 Å². The van der Waals surface area contributed by atoms with Crippen LogP contribution in [0.4, 0.5) is 0 Å². The number of ether oxygens (including phenoxy) is 2. The fraction of sp³-hybridized carbons (Fsp3) is 0.933. The summed E-state index contributed by atoms with van der Waals surface area (Å²) < 4.78 is 10.3. The molecule has 0 radical (unpaired) electrons. The van der Waals surface area contributed by atoms with Crippen molar-refractivity contribution in [3.63, 3.8) is 0 Å². The van der Waals surface area contributed by atoms with Gasteiger partial charge in [-0.15, -0.1) is 0 Å². The quantitative estimate of drug-likeness (QED) is 0.315. The Bertz CT molecular complexity index is 283. The van der Waals surface area contributed by atoms with Gasteiger partial charge in [0, 0.05) is 46.4 Å². The van der Waals surface area contributed by atoms with Gasteiger partial charge in [0.2, 0.25) is 0 Å². The minimum atomic E-state index is 0.658. The fourth-order valence-electron chi connectivity index (χ4n) is 2.20. The summed E-state index contributed by atoms with van der Waals surface area (Å²) in [5.41, 5.74) is 0. The van der Waals surface area contributed by atoms with Gasteiger partial charge in [0.1, 0.15) is 0 Å². The van der Waals surface area contributed by atoms with Crippen LogP contribution in [0.25, 0.3) is 0 Å². The first kappa shape index (κ1) is 18.2. The lowest BCUT2D eigenvalue weighted by Gasteiger charge is -2.20. The zero-order chi connectivity index (χ0) is 15.3. The lowest BCUT2D eigenvalue weighted by Crippen LogP contribution is -2.42. The van der Waals surface area contributed by atoms with Crippen molar-refractivity contribution in [2.45, 2.75) is 32.2 Å². The number of rotatable bonds is 12. The van der Waals surface area contributed by atoms with Gasteiger partial charge in [0.05, 0.1) is 13.2 Å². The normalized spacial score (nSPS) is 15.5. The van der Waals surface area contributed by atoms with E-state index >= 15 is 0 Å². The van der Waals surface area contributed by atoms with Crippen LogP contribution in [-0.2, 0) is 9.47 Å². The van der Waals surface area contributed by atoms with Gasteiger partial charge >= 0.3 is 0 Å². The van der Waals surface area contributed by atoms with Crippen molar-refractivity contribution in [3.05, 3.63) is 0 Å². The Hall–Kier alpha value is -0.850. The Morgan fingerprint density at radius 3 is 2.57 bits per heavy atom. The van der Waals surface area contributed by atoms with Crippen LogP contribution in [0.5, 0.6) is 0 Å². The van der Waals surface area contributed by atoms with Crippen molar-refractivity contribution in [1.82, 2.24) is 15.5 Å². The van der Waals surface area contributed by atoms with Gasteiger partial charge in [-0.1, -0.05) is 6.92 Å². The second-order valence-electron chi connectivity index (χ2n) is 5.24. The third kappa shape index (κ3) is 8.90. The number of likely N-dealkylation sites (N-methyl/N-ethyl adjacent to an activating group) is 1. The van der Waals surface area contributed by atoms with Crippen LogP contribution < -0.4 is 10.6 Å². The van der Waals surface area contributed by atoms with Crippen LogP contribution in [0.1, 0.15) is 26.2 Å². The number of nitrogens with one attached hydrogen (secondary N) is 2. The smallest absolute Gasteiger partial charge is 0.191 e. The number of methoxy groups -OCH3 is 1. The van der Waals surface area contributed by atoms with Crippen LogP contribution in [0.15, 0.2) is 4.99 Å². The molecule has 0 saturated heterocycles. The molecule has 0 heterocycles. The molecule has 21 heavy (non-hydrogen) atoms. The number of hydrogen-bond donors (Lipinski definition) is 2. The van der Waals surface area contributed by atoms with Gasteiger partial charge in [0.25, 0.3) is 0 Å². The molecule has 0 unspecified atom stereocenters. The number of aliphatic imine (C=N–C) groups is 1. The maximum absolute atomic E-state index is 5.42. The first-order chi connectivity index (χ1) is 10.3. The second-order valence-corrected chi connectivity index (χ2v) is 5.24. The van der Waals surface area contributed by atoms with E-state index in [1.165, 1.54) is 12.8 Å². The van der Waals surface area contributed by atoms with E-state index in [4.69, 9.17) is 9.47 Å². The first-order valence-corrected chi connectivity index (χ1v) is 8.07. The van der Waals surface area contributed by atoms with Crippen molar-refractivity contribution < 1.29 is 9.47 Å². The van der Waals surface area contributed by atoms with Crippen molar-refractivity contribution in [1.29, 1.82) is 0 Å². The third-order valence-corrected chi connectivity index (χ3v) is 3.57. The van der Waals surface area contributed by atoms with E-state index in [1.807, 2.05) is 7.05 Å². The summed E-state index contributed by atoms with van der Waals surface area (Å²) in [6.07, 6.45) is 3.70.